The van der Waals surface area contributed by atoms with Crippen LogP contribution >= 0.6 is 0 Å². The van der Waals surface area contributed by atoms with Crippen molar-refractivity contribution in [3.05, 3.63) is 35.5 Å². The van der Waals surface area contributed by atoms with Gasteiger partial charge in [-0.1, -0.05) is 19.9 Å². The number of hydrogen-bond acceptors (Lipinski definition) is 1. The molecule has 0 atom stereocenters. The van der Waals surface area contributed by atoms with Gasteiger partial charge in [0.2, 0.25) is 0 Å². The maximum Gasteiger partial charge on any atom is 0.416 e. The number of H-pyrrole nitrogens is 1. The number of nitrogens with one attached hydrogen (secondary N) is 1. The van der Waals surface area contributed by atoms with Crippen molar-refractivity contribution < 1.29 is 13.2 Å². The van der Waals surface area contributed by atoms with Crippen LogP contribution in [0.1, 0.15) is 25.0 Å². The summed E-state index contributed by atoms with van der Waals surface area (Å²) in [4.78, 5) is 5.24. The van der Waals surface area contributed by atoms with Gasteiger partial charge in [-0.05, 0) is 37.2 Å². The molecule has 1 aromatic carbocycles. The Morgan fingerprint density at radius 2 is 1.85 bits per heavy atom. The summed E-state index contributed by atoms with van der Waals surface area (Å²) in [5.74, 6) is 0. The summed E-state index contributed by atoms with van der Waals surface area (Å²) in [6.45, 7) is 7.10. The molecule has 0 radical (unpaired) electrons. The third kappa shape index (κ3) is 3.15. The third-order valence-corrected chi connectivity index (χ3v) is 3.69. The van der Waals surface area contributed by atoms with Crippen molar-refractivity contribution in [1.29, 1.82) is 0 Å². The summed E-state index contributed by atoms with van der Waals surface area (Å²) in [6, 6.07) is 3.89. The quantitative estimate of drug-likeness (QED) is 0.877. The SMILES string of the molecule is CCN(CC)CCc1c[nH]c2cc(C(F)(F)F)ccc12. The number of rotatable bonds is 5. The lowest BCUT2D eigenvalue weighted by molar-refractivity contribution is -0.137. The van der Waals surface area contributed by atoms with Crippen molar-refractivity contribution in [1.82, 2.24) is 9.88 Å². The zero-order chi connectivity index (χ0) is 14.8. The van der Waals surface area contributed by atoms with Crippen LogP contribution in [0.25, 0.3) is 10.9 Å². The molecule has 0 spiro atoms. The van der Waals surface area contributed by atoms with E-state index in [-0.39, 0.29) is 0 Å². The number of hydrogen-bond donors (Lipinski definition) is 1. The number of aromatic amines is 1. The first-order chi connectivity index (χ1) is 9.45. The summed E-state index contributed by atoms with van der Waals surface area (Å²) in [5, 5.41) is 0.880. The molecule has 2 aromatic rings. The van der Waals surface area contributed by atoms with E-state index in [0.29, 0.717) is 5.52 Å². The molecule has 0 aliphatic rings. The number of benzene rings is 1. The molecule has 0 saturated heterocycles. The fourth-order valence-electron chi connectivity index (χ4n) is 2.39. The number of nitrogens with zero attached hydrogens (tertiary/aromatic N) is 1. The minimum absolute atomic E-state index is 0.550. The average Bonchev–Trinajstić information content (AvgIpc) is 2.81. The molecule has 1 heterocycles. The maximum atomic E-state index is 12.6. The van der Waals surface area contributed by atoms with Crippen molar-refractivity contribution in [2.45, 2.75) is 26.4 Å². The molecule has 0 aliphatic carbocycles. The molecule has 0 amide bonds. The topological polar surface area (TPSA) is 19.0 Å². The van der Waals surface area contributed by atoms with Crippen LogP contribution < -0.4 is 0 Å². The van der Waals surface area contributed by atoms with Gasteiger partial charge in [-0.15, -0.1) is 0 Å². The van der Waals surface area contributed by atoms with E-state index < -0.39 is 11.7 Å². The van der Waals surface area contributed by atoms with Gasteiger partial charge in [-0.25, -0.2) is 0 Å². The number of fused-ring (bicyclic) bond motifs is 1. The highest BCUT2D eigenvalue weighted by Gasteiger charge is 2.30. The zero-order valence-electron chi connectivity index (χ0n) is 11.7. The van der Waals surface area contributed by atoms with Gasteiger partial charge in [0.15, 0.2) is 0 Å². The molecule has 0 aliphatic heterocycles. The van der Waals surface area contributed by atoms with Gasteiger partial charge in [-0.2, -0.15) is 13.2 Å². The van der Waals surface area contributed by atoms with Gasteiger partial charge in [0.25, 0.3) is 0 Å². The van der Waals surface area contributed by atoms with Gasteiger partial charge in [0.1, 0.15) is 0 Å². The molecule has 0 bridgehead atoms. The van der Waals surface area contributed by atoms with E-state index in [0.717, 1.165) is 43.1 Å². The Morgan fingerprint density at radius 3 is 2.45 bits per heavy atom. The molecular weight excluding hydrogens is 265 g/mol. The van der Waals surface area contributed by atoms with E-state index in [1.165, 1.54) is 6.07 Å². The second-order valence-electron chi connectivity index (χ2n) is 4.85. The molecule has 2 nitrogen and oxygen atoms in total. The Hall–Kier alpha value is -1.49. The van der Waals surface area contributed by atoms with Crippen LogP contribution in [-0.2, 0) is 12.6 Å². The maximum absolute atomic E-state index is 12.6. The highest BCUT2D eigenvalue weighted by Crippen LogP contribution is 2.32. The highest BCUT2D eigenvalue weighted by atomic mass is 19.4. The molecule has 110 valence electrons. The normalized spacial score (nSPS) is 12.5. The Kier molecular flexibility index (Phi) is 4.38. The van der Waals surface area contributed by atoms with Gasteiger partial charge >= 0.3 is 6.18 Å². The summed E-state index contributed by atoms with van der Waals surface area (Å²) >= 11 is 0. The second-order valence-corrected chi connectivity index (χ2v) is 4.85. The molecule has 0 unspecified atom stereocenters. The van der Waals surface area contributed by atoms with Crippen molar-refractivity contribution in [3.63, 3.8) is 0 Å². The number of aromatic nitrogens is 1. The minimum atomic E-state index is -4.29. The standard InChI is InChI=1S/C15H19F3N2/c1-3-20(4-2)8-7-11-10-19-14-9-12(15(16,17)18)5-6-13(11)14/h5-6,9-10,19H,3-4,7-8H2,1-2H3. The van der Waals surface area contributed by atoms with Crippen LogP contribution in [0.3, 0.4) is 0 Å². The zero-order valence-corrected chi connectivity index (χ0v) is 11.7. The second kappa shape index (κ2) is 5.87. The first-order valence-electron chi connectivity index (χ1n) is 6.85. The molecule has 5 heteroatoms. The van der Waals surface area contributed by atoms with Gasteiger partial charge in [0.05, 0.1) is 5.56 Å². The van der Waals surface area contributed by atoms with E-state index in [4.69, 9.17) is 0 Å². The Morgan fingerprint density at radius 1 is 1.15 bits per heavy atom. The average molecular weight is 284 g/mol. The van der Waals surface area contributed by atoms with Crippen LogP contribution in [0, 0.1) is 0 Å². The van der Waals surface area contributed by atoms with Gasteiger partial charge in [-0.3, -0.25) is 0 Å². The summed E-state index contributed by atoms with van der Waals surface area (Å²) in [6.07, 6.45) is -1.64. The van der Waals surface area contributed by atoms with Crippen LogP contribution in [0.5, 0.6) is 0 Å². The van der Waals surface area contributed by atoms with E-state index in [1.807, 2.05) is 6.20 Å². The van der Waals surface area contributed by atoms with Crippen LogP contribution in [0.2, 0.25) is 0 Å². The van der Waals surface area contributed by atoms with E-state index >= 15 is 0 Å². The monoisotopic (exact) mass is 284 g/mol. The van der Waals surface area contributed by atoms with Crippen molar-refractivity contribution in [2.75, 3.05) is 19.6 Å². The smallest absolute Gasteiger partial charge is 0.361 e. The van der Waals surface area contributed by atoms with Gasteiger partial charge < -0.3 is 9.88 Å². The molecule has 0 saturated carbocycles. The predicted molar refractivity (Wildman–Crippen MR) is 74.8 cm³/mol. The summed E-state index contributed by atoms with van der Waals surface area (Å²) in [7, 11) is 0. The number of alkyl halides is 3. The van der Waals surface area contributed by atoms with Crippen molar-refractivity contribution in [2.24, 2.45) is 0 Å². The van der Waals surface area contributed by atoms with Crippen molar-refractivity contribution >= 4 is 10.9 Å². The lowest BCUT2D eigenvalue weighted by Crippen LogP contribution is -2.25. The molecular formula is C15H19F3N2. The third-order valence-electron chi connectivity index (χ3n) is 3.69. The fraction of sp³-hybridized carbons (Fsp3) is 0.467. The Bertz CT molecular complexity index is 568. The molecule has 20 heavy (non-hydrogen) atoms. The van der Waals surface area contributed by atoms with Crippen LogP contribution in [0.15, 0.2) is 24.4 Å². The Balaban J connectivity index is 2.20. The first-order valence-corrected chi connectivity index (χ1v) is 6.85. The molecule has 1 N–H and O–H groups in total. The summed E-state index contributed by atoms with van der Waals surface area (Å²) in [5.41, 5.74) is 1.01. The lowest BCUT2D eigenvalue weighted by Gasteiger charge is -2.17. The van der Waals surface area contributed by atoms with E-state index in [2.05, 4.69) is 23.7 Å². The van der Waals surface area contributed by atoms with Gasteiger partial charge in [0, 0.05) is 23.6 Å². The minimum Gasteiger partial charge on any atom is -0.361 e. The highest BCUT2D eigenvalue weighted by molar-refractivity contribution is 5.84. The first kappa shape index (κ1) is 14.9. The van der Waals surface area contributed by atoms with Crippen LogP contribution in [0.4, 0.5) is 13.2 Å². The van der Waals surface area contributed by atoms with Crippen molar-refractivity contribution in [3.8, 4) is 0 Å². The van der Waals surface area contributed by atoms with E-state index in [1.54, 1.807) is 6.07 Å². The van der Waals surface area contributed by atoms with Crippen LogP contribution in [-0.4, -0.2) is 29.5 Å². The lowest BCUT2D eigenvalue weighted by atomic mass is 10.1. The molecule has 1 aromatic heterocycles. The predicted octanol–water partition coefficient (Wildman–Crippen LogP) is 4.07. The molecule has 0 fully saturated rings. The number of halogens is 3. The Labute approximate surface area is 116 Å². The van der Waals surface area contributed by atoms with E-state index in [9.17, 15) is 13.2 Å². The largest absolute Gasteiger partial charge is 0.416 e. The molecule has 2 rings (SSSR count). The summed E-state index contributed by atoms with van der Waals surface area (Å²) < 4.78 is 37.9. The number of likely N-dealkylation sites (N-methyl/N-ethyl adjacent to an activating group) is 1. The fourth-order valence-corrected chi connectivity index (χ4v) is 2.39.